The Kier molecular flexibility index (Phi) is 4.43. The molecule has 2 N–H and O–H groups in total. The van der Waals surface area contributed by atoms with Crippen LogP contribution >= 0.6 is 27.5 Å². The molecule has 1 atom stereocenters. The third kappa shape index (κ3) is 3.13. The highest BCUT2D eigenvalue weighted by Gasteiger charge is 2.11. The Morgan fingerprint density at radius 3 is 2.89 bits per heavy atom. The van der Waals surface area contributed by atoms with E-state index in [2.05, 4.69) is 20.9 Å². The fraction of sp³-hybridized carbons (Fsp3) is 0.308. The van der Waals surface area contributed by atoms with Crippen molar-refractivity contribution in [2.75, 3.05) is 0 Å². The zero-order valence-corrected chi connectivity index (χ0v) is 12.4. The molecule has 0 amide bonds. The minimum atomic E-state index is -0.0673. The van der Waals surface area contributed by atoms with Gasteiger partial charge in [-0.2, -0.15) is 0 Å². The van der Waals surface area contributed by atoms with Gasteiger partial charge in [0.25, 0.3) is 0 Å². The Morgan fingerprint density at radius 1 is 1.50 bits per heavy atom. The van der Waals surface area contributed by atoms with E-state index in [0.717, 1.165) is 28.7 Å². The molecule has 5 heteroatoms. The van der Waals surface area contributed by atoms with Gasteiger partial charge >= 0.3 is 0 Å². The molecule has 0 saturated carbocycles. The van der Waals surface area contributed by atoms with E-state index in [9.17, 15) is 0 Å². The topological polar surface area (TPSA) is 43.8 Å². The number of imidazole rings is 1. The third-order valence-electron chi connectivity index (χ3n) is 2.96. The average Bonchev–Trinajstić information content (AvgIpc) is 2.72. The molecule has 0 radical (unpaired) electrons. The van der Waals surface area contributed by atoms with Crippen LogP contribution in [0.5, 0.6) is 0 Å². The summed E-state index contributed by atoms with van der Waals surface area (Å²) in [6.45, 7) is 0. The number of hydrogen-bond donors (Lipinski definition) is 1. The Bertz CT molecular complexity index is 539. The largest absolute Gasteiger partial charge is 0.338 e. The number of hydrogen-bond acceptors (Lipinski definition) is 2. The highest BCUT2D eigenvalue weighted by molar-refractivity contribution is 9.10. The number of nitrogens with two attached hydrogens (primary N) is 1. The first-order valence-electron chi connectivity index (χ1n) is 5.74. The molecule has 0 aliphatic heterocycles. The van der Waals surface area contributed by atoms with Gasteiger partial charge in [-0.25, -0.2) is 4.98 Å². The molecule has 2 aromatic rings. The molecule has 1 aromatic carbocycles. The zero-order valence-electron chi connectivity index (χ0n) is 10.1. The lowest BCUT2D eigenvalue weighted by atomic mass is 10.0. The summed E-state index contributed by atoms with van der Waals surface area (Å²) in [5.41, 5.74) is 7.16. The van der Waals surface area contributed by atoms with Crippen LogP contribution in [0.2, 0.25) is 5.02 Å². The number of halogens is 2. The molecule has 0 spiro atoms. The number of benzene rings is 1. The molecule has 1 heterocycles. The third-order valence-corrected chi connectivity index (χ3v) is 3.78. The molecule has 2 rings (SSSR count). The SMILES string of the molecule is Cn1ccnc1CCC(N)c1ccc(Br)cc1Cl. The summed E-state index contributed by atoms with van der Waals surface area (Å²) in [6.07, 6.45) is 5.41. The van der Waals surface area contributed by atoms with Gasteiger partial charge in [0, 0.05) is 41.4 Å². The van der Waals surface area contributed by atoms with Crippen LogP contribution in [0.4, 0.5) is 0 Å². The fourth-order valence-electron chi connectivity index (χ4n) is 1.88. The maximum absolute atomic E-state index is 6.19. The van der Waals surface area contributed by atoms with Crippen molar-refractivity contribution < 1.29 is 0 Å². The lowest BCUT2D eigenvalue weighted by Crippen LogP contribution is -2.13. The molecule has 96 valence electrons. The quantitative estimate of drug-likeness (QED) is 0.934. The van der Waals surface area contributed by atoms with Crippen LogP contribution in [0, 0.1) is 0 Å². The van der Waals surface area contributed by atoms with Crippen molar-refractivity contribution in [2.24, 2.45) is 12.8 Å². The molecule has 3 nitrogen and oxygen atoms in total. The highest BCUT2D eigenvalue weighted by Crippen LogP contribution is 2.27. The minimum Gasteiger partial charge on any atom is -0.338 e. The predicted octanol–water partition coefficient (Wildman–Crippen LogP) is 3.47. The van der Waals surface area contributed by atoms with Crippen LogP contribution in [0.3, 0.4) is 0 Å². The number of aromatic nitrogens is 2. The van der Waals surface area contributed by atoms with Crippen molar-refractivity contribution in [2.45, 2.75) is 18.9 Å². The highest BCUT2D eigenvalue weighted by atomic mass is 79.9. The van der Waals surface area contributed by atoms with Gasteiger partial charge in [0.15, 0.2) is 0 Å². The van der Waals surface area contributed by atoms with E-state index in [-0.39, 0.29) is 6.04 Å². The van der Waals surface area contributed by atoms with E-state index in [0.29, 0.717) is 5.02 Å². The molecule has 1 aromatic heterocycles. The van der Waals surface area contributed by atoms with E-state index in [1.807, 2.05) is 36.0 Å². The summed E-state index contributed by atoms with van der Waals surface area (Å²) >= 11 is 9.57. The lowest BCUT2D eigenvalue weighted by molar-refractivity contribution is 0.621. The van der Waals surface area contributed by atoms with Gasteiger partial charge in [0.05, 0.1) is 0 Å². The molecule has 1 unspecified atom stereocenters. The summed E-state index contributed by atoms with van der Waals surface area (Å²) in [4.78, 5) is 4.28. The molecule has 0 fully saturated rings. The maximum Gasteiger partial charge on any atom is 0.108 e. The normalized spacial score (nSPS) is 12.7. The van der Waals surface area contributed by atoms with Crippen LogP contribution in [-0.4, -0.2) is 9.55 Å². The zero-order chi connectivity index (χ0) is 13.1. The second-order valence-electron chi connectivity index (χ2n) is 4.27. The predicted molar refractivity (Wildman–Crippen MR) is 77.6 cm³/mol. The summed E-state index contributed by atoms with van der Waals surface area (Å²) < 4.78 is 2.98. The first-order valence-corrected chi connectivity index (χ1v) is 6.91. The van der Waals surface area contributed by atoms with Gasteiger partial charge in [-0.15, -0.1) is 0 Å². The number of rotatable bonds is 4. The Labute approximate surface area is 120 Å². The van der Waals surface area contributed by atoms with Crippen molar-refractivity contribution in [1.29, 1.82) is 0 Å². The Morgan fingerprint density at radius 2 is 2.28 bits per heavy atom. The minimum absolute atomic E-state index is 0.0673. The molecular formula is C13H15BrClN3. The molecular weight excluding hydrogens is 314 g/mol. The van der Waals surface area contributed by atoms with Gasteiger partial charge in [-0.1, -0.05) is 33.6 Å². The van der Waals surface area contributed by atoms with Gasteiger partial charge in [0.1, 0.15) is 5.82 Å². The van der Waals surface area contributed by atoms with Crippen LogP contribution in [0.25, 0.3) is 0 Å². The van der Waals surface area contributed by atoms with Gasteiger partial charge in [0.2, 0.25) is 0 Å². The first-order chi connectivity index (χ1) is 8.58. The lowest BCUT2D eigenvalue weighted by Gasteiger charge is -2.13. The van der Waals surface area contributed by atoms with Crippen LogP contribution in [0.15, 0.2) is 35.1 Å². The van der Waals surface area contributed by atoms with Crippen molar-refractivity contribution in [3.05, 3.63) is 51.5 Å². The molecule has 0 aliphatic rings. The number of nitrogens with zero attached hydrogens (tertiary/aromatic N) is 2. The molecule has 0 saturated heterocycles. The van der Waals surface area contributed by atoms with Crippen LogP contribution in [-0.2, 0) is 13.5 Å². The Balaban J connectivity index is 2.03. The van der Waals surface area contributed by atoms with Crippen molar-refractivity contribution in [3.63, 3.8) is 0 Å². The van der Waals surface area contributed by atoms with E-state index in [1.54, 1.807) is 6.20 Å². The molecule has 0 aliphatic carbocycles. The summed E-state index contributed by atoms with van der Waals surface area (Å²) in [7, 11) is 1.99. The summed E-state index contributed by atoms with van der Waals surface area (Å²) in [5.74, 6) is 1.04. The van der Waals surface area contributed by atoms with Crippen molar-refractivity contribution in [3.8, 4) is 0 Å². The standard InChI is InChI=1S/C13H15BrClN3/c1-18-7-6-17-13(18)5-4-12(16)10-3-2-9(14)8-11(10)15/h2-3,6-8,12H,4-5,16H2,1H3. The van der Waals surface area contributed by atoms with E-state index >= 15 is 0 Å². The van der Waals surface area contributed by atoms with Gasteiger partial charge in [-0.05, 0) is 24.1 Å². The van der Waals surface area contributed by atoms with Crippen LogP contribution in [0.1, 0.15) is 23.9 Å². The first kappa shape index (κ1) is 13.6. The van der Waals surface area contributed by atoms with Gasteiger partial charge < -0.3 is 10.3 Å². The van der Waals surface area contributed by atoms with Crippen LogP contribution < -0.4 is 5.73 Å². The second kappa shape index (κ2) is 5.87. The van der Waals surface area contributed by atoms with E-state index in [4.69, 9.17) is 17.3 Å². The molecule has 0 bridgehead atoms. The maximum atomic E-state index is 6.19. The van der Waals surface area contributed by atoms with Gasteiger partial charge in [-0.3, -0.25) is 0 Å². The monoisotopic (exact) mass is 327 g/mol. The second-order valence-corrected chi connectivity index (χ2v) is 5.59. The smallest absolute Gasteiger partial charge is 0.108 e. The van der Waals surface area contributed by atoms with Crippen molar-refractivity contribution in [1.82, 2.24) is 9.55 Å². The fourth-order valence-corrected chi connectivity index (χ4v) is 2.69. The van der Waals surface area contributed by atoms with E-state index < -0.39 is 0 Å². The Hall–Kier alpha value is -0.840. The summed E-state index contributed by atoms with van der Waals surface area (Å²) in [6, 6.07) is 5.73. The molecule has 18 heavy (non-hydrogen) atoms. The summed E-state index contributed by atoms with van der Waals surface area (Å²) in [5, 5.41) is 0.705. The number of aryl methyl sites for hydroxylation is 2. The van der Waals surface area contributed by atoms with E-state index in [1.165, 1.54) is 0 Å². The van der Waals surface area contributed by atoms with Crippen molar-refractivity contribution >= 4 is 27.5 Å². The average molecular weight is 329 g/mol.